The van der Waals surface area contributed by atoms with E-state index in [1.165, 1.54) is 19.3 Å². The summed E-state index contributed by atoms with van der Waals surface area (Å²) in [6.07, 6.45) is 4.27. The van der Waals surface area contributed by atoms with Crippen LogP contribution in [0.4, 0.5) is 0 Å². The Kier molecular flexibility index (Phi) is 5.73. The van der Waals surface area contributed by atoms with E-state index in [-0.39, 0.29) is 5.54 Å². The Balaban J connectivity index is 2.08. The third-order valence-electron chi connectivity index (χ3n) is 2.94. The Morgan fingerprint density at radius 3 is 2.62 bits per heavy atom. The molecule has 1 saturated heterocycles. The van der Waals surface area contributed by atoms with Gasteiger partial charge in [0.2, 0.25) is 0 Å². The van der Waals surface area contributed by atoms with Crippen LogP contribution in [0.2, 0.25) is 0 Å². The molecule has 96 valence electrons. The summed E-state index contributed by atoms with van der Waals surface area (Å²) in [6.45, 7) is 10.8. The molecule has 0 aromatic carbocycles. The van der Waals surface area contributed by atoms with Crippen LogP contribution in [0.25, 0.3) is 0 Å². The summed E-state index contributed by atoms with van der Waals surface area (Å²) in [7, 11) is 2.18. The van der Waals surface area contributed by atoms with Gasteiger partial charge in [0.25, 0.3) is 0 Å². The topological polar surface area (TPSA) is 24.5 Å². The van der Waals surface area contributed by atoms with Gasteiger partial charge in [-0.1, -0.05) is 0 Å². The molecule has 16 heavy (non-hydrogen) atoms. The molecule has 3 heteroatoms. The van der Waals surface area contributed by atoms with E-state index in [9.17, 15) is 0 Å². The highest BCUT2D eigenvalue weighted by atomic mass is 16.5. The van der Waals surface area contributed by atoms with Gasteiger partial charge in [-0.15, -0.1) is 0 Å². The number of nitrogens with zero attached hydrogens (tertiary/aromatic N) is 1. The Hall–Kier alpha value is -0.120. The van der Waals surface area contributed by atoms with Gasteiger partial charge in [-0.3, -0.25) is 0 Å². The molecule has 0 saturated carbocycles. The lowest BCUT2D eigenvalue weighted by Gasteiger charge is -2.28. The van der Waals surface area contributed by atoms with Gasteiger partial charge in [0.1, 0.15) is 0 Å². The number of likely N-dealkylation sites (N-methyl/N-ethyl adjacent to an activating group) is 1. The summed E-state index contributed by atoms with van der Waals surface area (Å²) in [4.78, 5) is 2.37. The third-order valence-corrected chi connectivity index (χ3v) is 2.94. The molecule has 1 aliphatic rings. The lowest BCUT2D eigenvalue weighted by atomic mass is 10.1. The van der Waals surface area contributed by atoms with Crippen LogP contribution in [0.15, 0.2) is 0 Å². The van der Waals surface area contributed by atoms with Gasteiger partial charge in [-0.05, 0) is 47.1 Å². The second kappa shape index (κ2) is 6.58. The summed E-state index contributed by atoms with van der Waals surface area (Å²) in [5, 5.41) is 3.51. The molecular formula is C13H28N2O. The van der Waals surface area contributed by atoms with Crippen LogP contribution in [0, 0.1) is 0 Å². The summed E-state index contributed by atoms with van der Waals surface area (Å²) < 4.78 is 5.73. The van der Waals surface area contributed by atoms with Crippen molar-refractivity contribution in [2.24, 2.45) is 0 Å². The van der Waals surface area contributed by atoms with Crippen molar-refractivity contribution >= 4 is 0 Å². The molecule has 0 aliphatic carbocycles. The van der Waals surface area contributed by atoms with Crippen LogP contribution in [0.3, 0.4) is 0 Å². The second-order valence-corrected chi connectivity index (χ2v) is 5.93. The summed E-state index contributed by atoms with van der Waals surface area (Å²) in [5.41, 5.74) is 0.224. The smallest absolute Gasteiger partial charge is 0.0701 e. The molecule has 1 atom stereocenters. The lowest BCUT2D eigenvalue weighted by molar-refractivity contribution is -0.00137. The normalized spacial score (nSPS) is 22.7. The summed E-state index contributed by atoms with van der Waals surface area (Å²) in [5.74, 6) is 0. The first-order valence-electron chi connectivity index (χ1n) is 6.52. The zero-order valence-electron chi connectivity index (χ0n) is 11.4. The minimum Gasteiger partial charge on any atom is -0.377 e. The highest BCUT2D eigenvalue weighted by Crippen LogP contribution is 2.13. The Morgan fingerprint density at radius 2 is 2.06 bits per heavy atom. The van der Waals surface area contributed by atoms with Gasteiger partial charge in [-0.25, -0.2) is 0 Å². The quantitative estimate of drug-likeness (QED) is 0.777. The lowest BCUT2D eigenvalue weighted by Crippen LogP contribution is -2.42. The third kappa shape index (κ3) is 6.46. The van der Waals surface area contributed by atoms with Crippen LogP contribution in [0.5, 0.6) is 0 Å². The fourth-order valence-corrected chi connectivity index (χ4v) is 2.01. The molecule has 1 aliphatic heterocycles. The maximum absolute atomic E-state index is 5.73. The van der Waals surface area contributed by atoms with Crippen LogP contribution in [0.1, 0.15) is 40.0 Å². The van der Waals surface area contributed by atoms with Gasteiger partial charge < -0.3 is 15.0 Å². The van der Waals surface area contributed by atoms with Crippen LogP contribution in [-0.2, 0) is 4.74 Å². The molecule has 0 amide bonds. The molecule has 1 heterocycles. The highest BCUT2D eigenvalue weighted by molar-refractivity contribution is 4.72. The molecule has 0 bridgehead atoms. The van der Waals surface area contributed by atoms with E-state index in [1.807, 2.05) is 0 Å². The van der Waals surface area contributed by atoms with Gasteiger partial charge in [0, 0.05) is 31.8 Å². The number of rotatable bonds is 5. The zero-order chi connectivity index (χ0) is 12.0. The molecular weight excluding hydrogens is 200 g/mol. The van der Waals surface area contributed by atoms with Gasteiger partial charge >= 0.3 is 0 Å². The monoisotopic (exact) mass is 228 g/mol. The molecule has 0 aromatic rings. The first kappa shape index (κ1) is 13.9. The van der Waals surface area contributed by atoms with E-state index >= 15 is 0 Å². The number of nitrogens with one attached hydrogen (secondary N) is 1. The van der Waals surface area contributed by atoms with E-state index in [1.54, 1.807) is 0 Å². The van der Waals surface area contributed by atoms with Gasteiger partial charge in [0.05, 0.1) is 6.10 Å². The first-order chi connectivity index (χ1) is 7.47. The molecule has 1 unspecified atom stereocenters. The molecule has 0 radical (unpaired) electrons. The number of hydrogen-bond acceptors (Lipinski definition) is 3. The molecule has 0 aromatic heterocycles. The number of hydrogen-bond donors (Lipinski definition) is 1. The van der Waals surface area contributed by atoms with E-state index < -0.39 is 0 Å². The Labute approximate surface area is 101 Å². The maximum atomic E-state index is 5.73. The molecule has 1 fully saturated rings. The van der Waals surface area contributed by atoms with Crippen molar-refractivity contribution < 1.29 is 4.74 Å². The Morgan fingerprint density at radius 1 is 1.31 bits per heavy atom. The molecule has 1 rings (SSSR count). The van der Waals surface area contributed by atoms with Gasteiger partial charge in [0.15, 0.2) is 0 Å². The highest BCUT2D eigenvalue weighted by Gasteiger charge is 2.16. The van der Waals surface area contributed by atoms with Crippen LogP contribution in [-0.4, -0.2) is 49.8 Å². The van der Waals surface area contributed by atoms with Crippen LogP contribution >= 0.6 is 0 Å². The van der Waals surface area contributed by atoms with E-state index in [0.29, 0.717) is 6.10 Å². The minimum absolute atomic E-state index is 0.224. The Bertz CT molecular complexity index is 183. The summed E-state index contributed by atoms with van der Waals surface area (Å²) >= 11 is 0. The van der Waals surface area contributed by atoms with E-state index in [2.05, 4.69) is 38.0 Å². The first-order valence-corrected chi connectivity index (χ1v) is 6.52. The predicted octanol–water partition coefficient (Wildman–Crippen LogP) is 1.88. The standard InChI is InChI=1S/C13H28N2O/c1-13(2,3)14-8-9-15(4)11-12-7-5-6-10-16-12/h12,14H,5-11H2,1-4H3. The second-order valence-electron chi connectivity index (χ2n) is 5.93. The minimum atomic E-state index is 0.224. The van der Waals surface area contributed by atoms with Gasteiger partial charge in [-0.2, -0.15) is 0 Å². The molecule has 0 spiro atoms. The average Bonchev–Trinajstić information content (AvgIpc) is 2.17. The zero-order valence-corrected chi connectivity index (χ0v) is 11.4. The maximum Gasteiger partial charge on any atom is 0.0701 e. The largest absolute Gasteiger partial charge is 0.377 e. The van der Waals surface area contributed by atoms with Crippen molar-refractivity contribution in [3.05, 3.63) is 0 Å². The van der Waals surface area contributed by atoms with Crippen molar-refractivity contribution in [2.75, 3.05) is 33.3 Å². The van der Waals surface area contributed by atoms with Crippen molar-refractivity contribution in [1.82, 2.24) is 10.2 Å². The van der Waals surface area contributed by atoms with Crippen molar-refractivity contribution in [2.45, 2.75) is 51.7 Å². The predicted molar refractivity (Wildman–Crippen MR) is 68.8 cm³/mol. The van der Waals surface area contributed by atoms with E-state index in [4.69, 9.17) is 4.74 Å². The van der Waals surface area contributed by atoms with E-state index in [0.717, 1.165) is 26.2 Å². The average molecular weight is 228 g/mol. The SMILES string of the molecule is CN(CCNC(C)(C)C)CC1CCCCO1. The molecule has 1 N–H and O–H groups in total. The number of ether oxygens (including phenoxy) is 1. The van der Waals surface area contributed by atoms with Crippen molar-refractivity contribution in [1.29, 1.82) is 0 Å². The fraction of sp³-hybridized carbons (Fsp3) is 1.00. The van der Waals surface area contributed by atoms with Crippen molar-refractivity contribution in [3.8, 4) is 0 Å². The van der Waals surface area contributed by atoms with Crippen molar-refractivity contribution in [3.63, 3.8) is 0 Å². The fourth-order valence-electron chi connectivity index (χ4n) is 2.01. The molecule has 3 nitrogen and oxygen atoms in total. The summed E-state index contributed by atoms with van der Waals surface area (Å²) in [6, 6.07) is 0. The van der Waals surface area contributed by atoms with Crippen LogP contribution < -0.4 is 5.32 Å².